The van der Waals surface area contributed by atoms with Gasteiger partial charge in [-0.1, -0.05) is 18.2 Å². The van der Waals surface area contributed by atoms with Crippen molar-refractivity contribution in [3.8, 4) is 5.75 Å². The Morgan fingerprint density at radius 1 is 1.24 bits per heavy atom. The van der Waals surface area contributed by atoms with E-state index < -0.39 is 20.7 Å². The maximum Gasteiger partial charge on any atom is 0.264 e. The predicted molar refractivity (Wildman–Crippen MR) is 78.1 cm³/mol. The van der Waals surface area contributed by atoms with Gasteiger partial charge in [0.05, 0.1) is 12.8 Å². The van der Waals surface area contributed by atoms with Crippen LogP contribution in [0.1, 0.15) is 5.56 Å². The zero-order valence-corrected chi connectivity index (χ0v) is 12.2. The summed E-state index contributed by atoms with van der Waals surface area (Å²) >= 11 is 0. The van der Waals surface area contributed by atoms with Gasteiger partial charge in [0, 0.05) is 6.54 Å². The molecule has 0 atom stereocenters. The summed E-state index contributed by atoms with van der Waals surface area (Å²) in [7, 11) is -2.63. The van der Waals surface area contributed by atoms with E-state index in [-0.39, 0.29) is 12.2 Å². The van der Waals surface area contributed by atoms with Crippen molar-refractivity contribution in [1.29, 1.82) is 0 Å². The second kappa shape index (κ2) is 6.11. The van der Waals surface area contributed by atoms with Crippen LogP contribution in [-0.4, -0.2) is 15.5 Å². The Morgan fingerprint density at radius 2 is 1.95 bits per heavy atom. The molecule has 21 heavy (non-hydrogen) atoms. The number of methoxy groups -OCH3 is 1. The number of para-hydroxylation sites is 2. The van der Waals surface area contributed by atoms with E-state index in [1.165, 1.54) is 25.3 Å². The lowest BCUT2D eigenvalue weighted by molar-refractivity contribution is 0.417. The van der Waals surface area contributed by atoms with Gasteiger partial charge in [0.25, 0.3) is 10.0 Å². The third-order valence-electron chi connectivity index (χ3n) is 2.87. The first kappa shape index (κ1) is 15.3. The molecule has 2 rings (SSSR count). The summed E-state index contributed by atoms with van der Waals surface area (Å²) in [6.07, 6.45) is 0. The minimum absolute atomic E-state index is 0.136. The Hall–Kier alpha value is -2.12. The molecule has 2 aromatic rings. The minimum atomic E-state index is -4.05. The molecule has 0 bridgehead atoms. The lowest BCUT2D eigenvalue weighted by Crippen LogP contribution is -2.15. The van der Waals surface area contributed by atoms with E-state index in [9.17, 15) is 12.8 Å². The average molecular weight is 310 g/mol. The standard InChI is InChI=1S/C14H15FN2O3S/c1-20-13-5-3-2-4-12(13)17-21(18,19)14-7-6-10(9-16)8-11(14)15/h2-8,17H,9,16H2,1H3. The van der Waals surface area contributed by atoms with Gasteiger partial charge in [-0.15, -0.1) is 0 Å². The van der Waals surface area contributed by atoms with Gasteiger partial charge < -0.3 is 10.5 Å². The smallest absolute Gasteiger partial charge is 0.264 e. The van der Waals surface area contributed by atoms with Crippen LogP contribution in [0.3, 0.4) is 0 Å². The van der Waals surface area contributed by atoms with Crippen molar-refractivity contribution in [3.05, 3.63) is 53.8 Å². The van der Waals surface area contributed by atoms with Crippen molar-refractivity contribution in [2.24, 2.45) is 5.73 Å². The SMILES string of the molecule is COc1ccccc1NS(=O)(=O)c1ccc(CN)cc1F. The van der Waals surface area contributed by atoms with Crippen molar-refractivity contribution in [1.82, 2.24) is 0 Å². The highest BCUT2D eigenvalue weighted by Crippen LogP contribution is 2.27. The Labute approximate surface area is 122 Å². The molecular weight excluding hydrogens is 295 g/mol. The van der Waals surface area contributed by atoms with Crippen molar-refractivity contribution in [2.75, 3.05) is 11.8 Å². The molecule has 0 fully saturated rings. The van der Waals surface area contributed by atoms with Crippen molar-refractivity contribution >= 4 is 15.7 Å². The van der Waals surface area contributed by atoms with Crippen LogP contribution in [0, 0.1) is 5.82 Å². The zero-order valence-electron chi connectivity index (χ0n) is 11.3. The summed E-state index contributed by atoms with van der Waals surface area (Å²) < 4.78 is 45.8. The third-order valence-corrected chi connectivity index (χ3v) is 4.27. The largest absolute Gasteiger partial charge is 0.495 e. The van der Waals surface area contributed by atoms with Crippen LogP contribution in [0.5, 0.6) is 5.75 Å². The Bertz CT molecular complexity index is 748. The fraction of sp³-hybridized carbons (Fsp3) is 0.143. The van der Waals surface area contributed by atoms with Gasteiger partial charge in [0.15, 0.2) is 0 Å². The maximum absolute atomic E-state index is 13.9. The normalized spacial score (nSPS) is 11.2. The molecule has 0 aliphatic heterocycles. The van der Waals surface area contributed by atoms with E-state index in [1.54, 1.807) is 18.2 Å². The first-order valence-corrected chi connectivity index (χ1v) is 7.60. The van der Waals surface area contributed by atoms with Gasteiger partial charge in [0.1, 0.15) is 16.5 Å². The topological polar surface area (TPSA) is 81.4 Å². The molecule has 112 valence electrons. The molecular formula is C14H15FN2O3S. The van der Waals surface area contributed by atoms with Gasteiger partial charge in [-0.05, 0) is 29.8 Å². The molecule has 0 spiro atoms. The number of hydrogen-bond donors (Lipinski definition) is 2. The van der Waals surface area contributed by atoms with Crippen LogP contribution < -0.4 is 15.2 Å². The first-order chi connectivity index (χ1) is 9.97. The van der Waals surface area contributed by atoms with Gasteiger partial charge in [-0.2, -0.15) is 0 Å². The van der Waals surface area contributed by atoms with Crippen LogP contribution in [0.15, 0.2) is 47.4 Å². The molecule has 0 unspecified atom stereocenters. The minimum Gasteiger partial charge on any atom is -0.495 e. The number of sulfonamides is 1. The van der Waals surface area contributed by atoms with E-state index in [0.717, 1.165) is 6.07 Å². The highest BCUT2D eigenvalue weighted by atomic mass is 32.2. The Morgan fingerprint density at radius 3 is 2.57 bits per heavy atom. The van der Waals surface area contributed by atoms with Gasteiger partial charge in [0.2, 0.25) is 0 Å². The summed E-state index contributed by atoms with van der Waals surface area (Å²) in [5.41, 5.74) is 6.15. The molecule has 5 nitrogen and oxygen atoms in total. The third kappa shape index (κ3) is 3.32. The van der Waals surface area contributed by atoms with Gasteiger partial charge in [-0.3, -0.25) is 4.72 Å². The van der Waals surface area contributed by atoms with E-state index >= 15 is 0 Å². The van der Waals surface area contributed by atoms with E-state index in [4.69, 9.17) is 10.5 Å². The Balaban J connectivity index is 2.39. The lowest BCUT2D eigenvalue weighted by Gasteiger charge is -2.12. The molecule has 0 aliphatic carbocycles. The number of ether oxygens (including phenoxy) is 1. The van der Waals surface area contributed by atoms with Crippen molar-refractivity contribution < 1.29 is 17.5 Å². The summed E-state index contributed by atoms with van der Waals surface area (Å²) in [6, 6.07) is 10.3. The summed E-state index contributed by atoms with van der Waals surface area (Å²) in [6.45, 7) is 0.136. The second-order valence-corrected chi connectivity index (χ2v) is 5.93. The quantitative estimate of drug-likeness (QED) is 0.886. The molecule has 2 aromatic carbocycles. The zero-order chi connectivity index (χ0) is 15.5. The Kier molecular flexibility index (Phi) is 4.44. The maximum atomic E-state index is 13.9. The van der Waals surface area contributed by atoms with Crippen LogP contribution in [0.25, 0.3) is 0 Å². The second-order valence-electron chi connectivity index (χ2n) is 4.27. The van der Waals surface area contributed by atoms with Crippen molar-refractivity contribution in [3.63, 3.8) is 0 Å². The number of nitrogens with one attached hydrogen (secondary N) is 1. The monoisotopic (exact) mass is 310 g/mol. The molecule has 0 aliphatic rings. The molecule has 0 radical (unpaired) electrons. The summed E-state index contributed by atoms with van der Waals surface area (Å²) in [5.74, 6) is -0.500. The molecule has 0 saturated carbocycles. The number of hydrogen-bond acceptors (Lipinski definition) is 4. The number of rotatable bonds is 5. The number of benzene rings is 2. The fourth-order valence-corrected chi connectivity index (χ4v) is 2.95. The summed E-state index contributed by atoms with van der Waals surface area (Å²) in [4.78, 5) is -0.439. The fourth-order valence-electron chi connectivity index (χ4n) is 1.82. The van der Waals surface area contributed by atoms with Crippen LogP contribution >= 0.6 is 0 Å². The highest BCUT2D eigenvalue weighted by Gasteiger charge is 2.20. The van der Waals surface area contributed by atoms with E-state index in [0.29, 0.717) is 11.3 Å². The molecule has 0 heterocycles. The first-order valence-electron chi connectivity index (χ1n) is 6.12. The highest BCUT2D eigenvalue weighted by molar-refractivity contribution is 7.92. The molecule has 0 aromatic heterocycles. The van der Waals surface area contributed by atoms with Gasteiger partial charge >= 0.3 is 0 Å². The van der Waals surface area contributed by atoms with Crippen LogP contribution in [-0.2, 0) is 16.6 Å². The number of anilines is 1. The summed E-state index contributed by atoms with van der Waals surface area (Å²) in [5, 5.41) is 0. The molecule has 0 amide bonds. The average Bonchev–Trinajstić information content (AvgIpc) is 2.47. The van der Waals surface area contributed by atoms with E-state index in [1.807, 2.05) is 0 Å². The lowest BCUT2D eigenvalue weighted by atomic mass is 10.2. The number of halogens is 1. The molecule has 7 heteroatoms. The van der Waals surface area contributed by atoms with Crippen LogP contribution in [0.4, 0.5) is 10.1 Å². The molecule has 3 N–H and O–H groups in total. The molecule has 0 saturated heterocycles. The predicted octanol–water partition coefficient (Wildman–Crippen LogP) is 2.09. The van der Waals surface area contributed by atoms with Crippen LogP contribution in [0.2, 0.25) is 0 Å². The number of nitrogens with two attached hydrogens (primary N) is 1. The van der Waals surface area contributed by atoms with Crippen molar-refractivity contribution in [2.45, 2.75) is 11.4 Å². The van der Waals surface area contributed by atoms with E-state index in [2.05, 4.69) is 4.72 Å². The van der Waals surface area contributed by atoms with Gasteiger partial charge in [-0.25, -0.2) is 12.8 Å².